The molecule has 0 bridgehead atoms. The summed E-state index contributed by atoms with van der Waals surface area (Å²) in [4.78, 5) is 12.5. The Hall–Kier alpha value is -3.34. The predicted octanol–water partition coefficient (Wildman–Crippen LogP) is 5.09. The van der Waals surface area contributed by atoms with Gasteiger partial charge in [0.25, 0.3) is 0 Å². The van der Waals surface area contributed by atoms with Crippen molar-refractivity contribution in [3.8, 4) is 0 Å². The average Bonchev–Trinajstić information content (AvgIpc) is 3.11. The molecule has 0 amide bonds. The highest BCUT2D eigenvalue weighted by molar-refractivity contribution is 5.83. The Bertz CT molecular complexity index is 1050. The van der Waals surface area contributed by atoms with Crippen molar-refractivity contribution >= 4 is 22.7 Å². The molecule has 0 spiro atoms. The monoisotopic (exact) mass is 371 g/mol. The lowest BCUT2D eigenvalue weighted by molar-refractivity contribution is 0.856. The Morgan fingerprint density at radius 2 is 1.79 bits per heavy atom. The molecule has 0 saturated carbocycles. The highest BCUT2D eigenvalue weighted by atomic mass is 15.2. The third kappa shape index (κ3) is 4.14. The maximum absolute atomic E-state index is 4.64. The van der Waals surface area contributed by atoms with Gasteiger partial charge in [-0.2, -0.15) is 4.98 Å². The molecule has 0 fully saturated rings. The third-order valence-electron chi connectivity index (χ3n) is 4.87. The molecule has 0 aliphatic carbocycles. The topological polar surface area (TPSA) is 65.6 Å². The van der Waals surface area contributed by atoms with E-state index in [0.29, 0.717) is 5.95 Å². The number of rotatable bonds is 7. The molecule has 1 unspecified atom stereocenters. The van der Waals surface area contributed by atoms with Crippen molar-refractivity contribution < 1.29 is 0 Å². The summed E-state index contributed by atoms with van der Waals surface area (Å²) in [5.74, 6) is 1.49. The minimum absolute atomic E-state index is 0.141. The summed E-state index contributed by atoms with van der Waals surface area (Å²) in [7, 11) is 0. The maximum Gasteiger partial charge on any atom is 0.225 e. The number of nitrogens with zero attached hydrogens (tertiary/aromatic N) is 2. The quantitative estimate of drug-likeness (QED) is 0.423. The fourth-order valence-electron chi connectivity index (χ4n) is 3.41. The van der Waals surface area contributed by atoms with Crippen LogP contribution in [-0.4, -0.2) is 21.5 Å². The van der Waals surface area contributed by atoms with E-state index in [0.717, 1.165) is 24.5 Å². The van der Waals surface area contributed by atoms with Crippen LogP contribution in [-0.2, 0) is 6.42 Å². The summed E-state index contributed by atoms with van der Waals surface area (Å²) < 4.78 is 0. The third-order valence-corrected chi connectivity index (χ3v) is 4.87. The van der Waals surface area contributed by atoms with E-state index in [2.05, 4.69) is 75.1 Å². The van der Waals surface area contributed by atoms with Crippen molar-refractivity contribution in [3.05, 3.63) is 83.7 Å². The lowest BCUT2D eigenvalue weighted by Gasteiger charge is -2.15. The Morgan fingerprint density at radius 1 is 1.00 bits per heavy atom. The molecule has 2 aromatic heterocycles. The second-order valence-corrected chi connectivity index (χ2v) is 7.03. The zero-order valence-corrected chi connectivity index (χ0v) is 16.2. The zero-order chi connectivity index (χ0) is 19.3. The number of aromatic nitrogens is 3. The van der Waals surface area contributed by atoms with Gasteiger partial charge in [-0.15, -0.1) is 0 Å². The van der Waals surface area contributed by atoms with E-state index in [9.17, 15) is 0 Å². The van der Waals surface area contributed by atoms with E-state index in [1.165, 1.54) is 22.0 Å². The molecule has 28 heavy (non-hydrogen) atoms. The standard InChI is InChI=1S/C23H25N5/c1-16-14-22(24-13-12-19-15-25-21-11-7-6-10-20(19)21)28-23(26-16)27-17(2)18-8-4-3-5-9-18/h3-11,14-15,17,25H,12-13H2,1-2H3,(H2,24,26,27,28). The summed E-state index contributed by atoms with van der Waals surface area (Å²) in [5, 5.41) is 8.12. The molecule has 4 aromatic rings. The summed E-state index contributed by atoms with van der Waals surface area (Å²) in [6.45, 7) is 4.92. The van der Waals surface area contributed by atoms with E-state index < -0.39 is 0 Å². The van der Waals surface area contributed by atoms with E-state index in [1.807, 2.05) is 31.2 Å². The van der Waals surface area contributed by atoms with Crippen LogP contribution in [0.3, 0.4) is 0 Å². The Kier molecular flexibility index (Phi) is 5.24. The second-order valence-electron chi connectivity index (χ2n) is 7.03. The van der Waals surface area contributed by atoms with Gasteiger partial charge in [-0.05, 0) is 37.5 Å². The van der Waals surface area contributed by atoms with Gasteiger partial charge in [-0.3, -0.25) is 0 Å². The van der Waals surface area contributed by atoms with Crippen LogP contribution >= 0.6 is 0 Å². The highest BCUT2D eigenvalue weighted by Gasteiger charge is 2.09. The largest absolute Gasteiger partial charge is 0.370 e. The lowest BCUT2D eigenvalue weighted by Crippen LogP contribution is -2.12. The number of H-pyrrole nitrogens is 1. The molecule has 3 N–H and O–H groups in total. The van der Waals surface area contributed by atoms with Gasteiger partial charge in [0, 0.05) is 35.4 Å². The number of hydrogen-bond acceptors (Lipinski definition) is 4. The van der Waals surface area contributed by atoms with Gasteiger partial charge in [-0.1, -0.05) is 48.5 Å². The molecule has 0 aliphatic heterocycles. The van der Waals surface area contributed by atoms with Crippen molar-refractivity contribution in [2.75, 3.05) is 17.2 Å². The smallest absolute Gasteiger partial charge is 0.225 e. The average molecular weight is 371 g/mol. The van der Waals surface area contributed by atoms with Crippen molar-refractivity contribution in [2.24, 2.45) is 0 Å². The van der Waals surface area contributed by atoms with Crippen LogP contribution in [0, 0.1) is 6.92 Å². The molecule has 0 radical (unpaired) electrons. The number of nitrogens with one attached hydrogen (secondary N) is 3. The Balaban J connectivity index is 1.41. The first-order valence-electron chi connectivity index (χ1n) is 9.65. The number of benzene rings is 2. The molecular weight excluding hydrogens is 346 g/mol. The van der Waals surface area contributed by atoms with Gasteiger partial charge in [-0.25, -0.2) is 4.98 Å². The van der Waals surface area contributed by atoms with Gasteiger partial charge in [0.1, 0.15) is 5.82 Å². The van der Waals surface area contributed by atoms with Crippen molar-refractivity contribution in [1.29, 1.82) is 0 Å². The van der Waals surface area contributed by atoms with Crippen LogP contribution in [0.25, 0.3) is 10.9 Å². The molecule has 2 aromatic carbocycles. The first-order chi connectivity index (χ1) is 13.7. The van der Waals surface area contributed by atoms with Gasteiger partial charge >= 0.3 is 0 Å². The molecule has 0 aliphatic rings. The fourth-order valence-corrected chi connectivity index (χ4v) is 3.41. The van der Waals surface area contributed by atoms with Gasteiger partial charge in [0.15, 0.2) is 0 Å². The van der Waals surface area contributed by atoms with Crippen LogP contribution in [0.5, 0.6) is 0 Å². The van der Waals surface area contributed by atoms with Crippen LogP contribution in [0.15, 0.2) is 66.9 Å². The summed E-state index contributed by atoms with van der Waals surface area (Å²) in [6.07, 6.45) is 3.02. The van der Waals surface area contributed by atoms with E-state index in [-0.39, 0.29) is 6.04 Å². The van der Waals surface area contributed by atoms with Gasteiger partial charge in [0.05, 0.1) is 6.04 Å². The fraction of sp³-hybridized carbons (Fsp3) is 0.217. The first-order valence-corrected chi connectivity index (χ1v) is 9.65. The van der Waals surface area contributed by atoms with E-state index in [1.54, 1.807) is 0 Å². The summed E-state index contributed by atoms with van der Waals surface area (Å²) in [5.41, 5.74) is 4.63. The van der Waals surface area contributed by atoms with Crippen LogP contribution in [0.4, 0.5) is 11.8 Å². The minimum atomic E-state index is 0.141. The van der Waals surface area contributed by atoms with Crippen molar-refractivity contribution in [2.45, 2.75) is 26.3 Å². The Labute approximate surface area is 165 Å². The van der Waals surface area contributed by atoms with Gasteiger partial charge in [0.2, 0.25) is 5.95 Å². The summed E-state index contributed by atoms with van der Waals surface area (Å²) >= 11 is 0. The second kappa shape index (κ2) is 8.13. The number of fused-ring (bicyclic) bond motifs is 1. The molecule has 5 nitrogen and oxygen atoms in total. The van der Waals surface area contributed by atoms with Crippen LogP contribution < -0.4 is 10.6 Å². The number of aryl methyl sites for hydroxylation is 1. The molecule has 1 atom stereocenters. The Morgan fingerprint density at radius 3 is 2.64 bits per heavy atom. The number of anilines is 2. The predicted molar refractivity (Wildman–Crippen MR) is 116 cm³/mol. The molecule has 4 rings (SSSR count). The van der Waals surface area contributed by atoms with Crippen LogP contribution in [0.2, 0.25) is 0 Å². The van der Waals surface area contributed by atoms with E-state index in [4.69, 9.17) is 0 Å². The highest BCUT2D eigenvalue weighted by Crippen LogP contribution is 2.20. The number of hydrogen-bond donors (Lipinski definition) is 3. The summed E-state index contributed by atoms with van der Waals surface area (Å²) in [6, 6.07) is 20.8. The van der Waals surface area contributed by atoms with Crippen molar-refractivity contribution in [3.63, 3.8) is 0 Å². The molecule has 142 valence electrons. The molecule has 5 heteroatoms. The minimum Gasteiger partial charge on any atom is -0.370 e. The zero-order valence-electron chi connectivity index (χ0n) is 16.2. The molecule has 0 saturated heterocycles. The van der Waals surface area contributed by atoms with Crippen molar-refractivity contribution in [1.82, 2.24) is 15.0 Å². The molecule has 2 heterocycles. The maximum atomic E-state index is 4.64. The van der Waals surface area contributed by atoms with E-state index >= 15 is 0 Å². The molecular formula is C23H25N5. The number of aromatic amines is 1. The van der Waals surface area contributed by atoms with Crippen LogP contribution in [0.1, 0.15) is 29.8 Å². The number of para-hydroxylation sites is 1. The normalized spacial score (nSPS) is 12.1. The van der Waals surface area contributed by atoms with Gasteiger partial charge < -0.3 is 15.6 Å². The lowest BCUT2D eigenvalue weighted by atomic mass is 10.1. The SMILES string of the molecule is Cc1cc(NCCc2c[nH]c3ccccc23)nc(NC(C)c2ccccc2)n1. The first kappa shape index (κ1) is 18.0.